The minimum Gasteiger partial charge on any atom is -0.329 e. The standard InChI is InChI=1S/C24H31N3O3S/c1-19-11-12-21(31(29,30)26-13-7-4-8-14-26)17-22(19)24(28)27-16-15-25(2)18-23(27)20-9-5-3-6-10-20/h3,5-6,9-12,17,23H,4,7-8,13-16,18H2,1-2H3. The molecule has 0 saturated carbocycles. The summed E-state index contributed by atoms with van der Waals surface area (Å²) in [5.74, 6) is -0.102. The van der Waals surface area contributed by atoms with E-state index in [1.165, 1.54) is 0 Å². The lowest BCUT2D eigenvalue weighted by Crippen LogP contribution is -2.49. The van der Waals surface area contributed by atoms with Gasteiger partial charge in [-0.25, -0.2) is 8.42 Å². The summed E-state index contributed by atoms with van der Waals surface area (Å²) in [6, 6.07) is 15.0. The van der Waals surface area contributed by atoms with Gasteiger partial charge in [0, 0.05) is 38.3 Å². The number of hydrogen-bond acceptors (Lipinski definition) is 4. The summed E-state index contributed by atoms with van der Waals surface area (Å²) in [5, 5.41) is 0. The van der Waals surface area contributed by atoms with Gasteiger partial charge in [0.05, 0.1) is 10.9 Å². The highest BCUT2D eigenvalue weighted by Gasteiger charge is 2.33. The van der Waals surface area contributed by atoms with E-state index in [9.17, 15) is 13.2 Å². The predicted octanol–water partition coefficient (Wildman–Crippen LogP) is 3.30. The summed E-state index contributed by atoms with van der Waals surface area (Å²) in [4.78, 5) is 18.0. The number of carbonyl (C=O) groups excluding carboxylic acids is 1. The van der Waals surface area contributed by atoms with Crippen LogP contribution >= 0.6 is 0 Å². The van der Waals surface area contributed by atoms with Crippen molar-refractivity contribution in [3.05, 3.63) is 65.2 Å². The van der Waals surface area contributed by atoms with Crippen molar-refractivity contribution in [1.29, 1.82) is 0 Å². The molecule has 31 heavy (non-hydrogen) atoms. The second-order valence-corrected chi connectivity index (χ2v) is 10.6. The van der Waals surface area contributed by atoms with Gasteiger partial charge in [-0.3, -0.25) is 4.79 Å². The Morgan fingerprint density at radius 3 is 2.35 bits per heavy atom. The molecule has 1 atom stereocenters. The van der Waals surface area contributed by atoms with Gasteiger partial charge in [-0.2, -0.15) is 4.31 Å². The summed E-state index contributed by atoms with van der Waals surface area (Å²) in [5.41, 5.74) is 2.37. The van der Waals surface area contributed by atoms with E-state index in [0.717, 1.165) is 43.5 Å². The molecule has 0 radical (unpaired) electrons. The van der Waals surface area contributed by atoms with Gasteiger partial charge in [0.15, 0.2) is 0 Å². The molecule has 6 nitrogen and oxygen atoms in total. The first-order chi connectivity index (χ1) is 14.9. The summed E-state index contributed by atoms with van der Waals surface area (Å²) >= 11 is 0. The highest BCUT2D eigenvalue weighted by molar-refractivity contribution is 7.89. The predicted molar refractivity (Wildman–Crippen MR) is 122 cm³/mol. The number of nitrogens with zero attached hydrogens (tertiary/aromatic N) is 3. The zero-order valence-corrected chi connectivity index (χ0v) is 19.1. The number of benzene rings is 2. The Kier molecular flexibility index (Phi) is 6.46. The Morgan fingerprint density at radius 2 is 1.65 bits per heavy atom. The van der Waals surface area contributed by atoms with Gasteiger partial charge in [0.1, 0.15) is 0 Å². The van der Waals surface area contributed by atoms with E-state index in [1.54, 1.807) is 22.5 Å². The molecule has 2 aromatic carbocycles. The molecule has 0 spiro atoms. The van der Waals surface area contributed by atoms with Crippen molar-refractivity contribution >= 4 is 15.9 Å². The average molecular weight is 442 g/mol. The molecule has 0 aromatic heterocycles. The van der Waals surface area contributed by atoms with Crippen molar-refractivity contribution in [1.82, 2.24) is 14.1 Å². The van der Waals surface area contributed by atoms with Crippen LogP contribution in [-0.4, -0.2) is 68.2 Å². The smallest absolute Gasteiger partial charge is 0.254 e. The number of rotatable bonds is 4. The van der Waals surface area contributed by atoms with Crippen LogP contribution in [0.2, 0.25) is 0 Å². The maximum absolute atomic E-state index is 13.7. The van der Waals surface area contributed by atoms with Crippen LogP contribution in [0.1, 0.15) is 46.8 Å². The molecule has 2 heterocycles. The fourth-order valence-corrected chi connectivity index (χ4v) is 6.07. The Bertz CT molecular complexity index is 1030. The lowest BCUT2D eigenvalue weighted by atomic mass is 10.00. The minimum absolute atomic E-state index is 0.0609. The first kappa shape index (κ1) is 22.0. The van der Waals surface area contributed by atoms with Crippen molar-refractivity contribution in [3.8, 4) is 0 Å². The van der Waals surface area contributed by atoms with E-state index in [2.05, 4.69) is 11.9 Å². The van der Waals surface area contributed by atoms with Crippen LogP contribution in [0.3, 0.4) is 0 Å². The molecular formula is C24H31N3O3S. The Labute approximate surface area is 185 Å². The highest BCUT2D eigenvalue weighted by atomic mass is 32.2. The van der Waals surface area contributed by atoms with Crippen molar-refractivity contribution in [3.63, 3.8) is 0 Å². The van der Waals surface area contributed by atoms with Gasteiger partial charge >= 0.3 is 0 Å². The average Bonchev–Trinajstić information content (AvgIpc) is 2.80. The lowest BCUT2D eigenvalue weighted by Gasteiger charge is -2.40. The van der Waals surface area contributed by atoms with Crippen LogP contribution in [0.5, 0.6) is 0 Å². The number of aryl methyl sites for hydroxylation is 1. The molecule has 0 bridgehead atoms. The van der Waals surface area contributed by atoms with Crippen LogP contribution < -0.4 is 0 Å². The SMILES string of the molecule is Cc1ccc(S(=O)(=O)N2CCCCC2)cc1C(=O)N1CCN(C)CC1c1ccccc1. The molecule has 1 unspecified atom stereocenters. The fraction of sp³-hybridized carbons (Fsp3) is 0.458. The van der Waals surface area contributed by atoms with Gasteiger partial charge in [-0.15, -0.1) is 0 Å². The molecule has 166 valence electrons. The second kappa shape index (κ2) is 9.10. The van der Waals surface area contributed by atoms with Crippen molar-refractivity contribution in [2.75, 3.05) is 39.8 Å². The molecule has 7 heteroatoms. The van der Waals surface area contributed by atoms with Crippen molar-refractivity contribution < 1.29 is 13.2 Å². The number of sulfonamides is 1. The van der Waals surface area contributed by atoms with Gasteiger partial charge < -0.3 is 9.80 Å². The number of amides is 1. The molecule has 0 N–H and O–H groups in total. The second-order valence-electron chi connectivity index (χ2n) is 8.63. The Morgan fingerprint density at radius 1 is 0.935 bits per heavy atom. The third kappa shape index (κ3) is 4.54. The van der Waals surface area contributed by atoms with Crippen LogP contribution in [0, 0.1) is 6.92 Å². The van der Waals surface area contributed by atoms with Gasteiger partial charge in [-0.1, -0.05) is 42.8 Å². The van der Waals surface area contributed by atoms with Crippen molar-refractivity contribution in [2.24, 2.45) is 0 Å². The molecule has 2 aliphatic rings. The Balaban J connectivity index is 1.66. The van der Waals surface area contributed by atoms with Crippen LogP contribution in [0.4, 0.5) is 0 Å². The van der Waals surface area contributed by atoms with Crippen LogP contribution in [-0.2, 0) is 10.0 Å². The van der Waals surface area contributed by atoms with Crippen molar-refractivity contribution in [2.45, 2.75) is 37.1 Å². The summed E-state index contributed by atoms with van der Waals surface area (Å²) < 4.78 is 27.9. The molecule has 0 aliphatic carbocycles. The van der Waals surface area contributed by atoms with E-state index in [0.29, 0.717) is 25.2 Å². The zero-order chi connectivity index (χ0) is 22.0. The largest absolute Gasteiger partial charge is 0.329 e. The molecule has 2 saturated heterocycles. The number of hydrogen-bond donors (Lipinski definition) is 0. The normalized spacial score (nSPS) is 21.2. The monoisotopic (exact) mass is 441 g/mol. The minimum atomic E-state index is -3.59. The van der Waals surface area contributed by atoms with E-state index < -0.39 is 10.0 Å². The van der Waals surface area contributed by atoms with Gasteiger partial charge in [-0.05, 0) is 50.1 Å². The third-order valence-corrected chi connectivity index (χ3v) is 8.32. The Hall–Kier alpha value is -2.22. The molecule has 2 aromatic rings. The zero-order valence-electron chi connectivity index (χ0n) is 18.3. The molecule has 4 rings (SSSR count). The van der Waals surface area contributed by atoms with Crippen LogP contribution in [0.15, 0.2) is 53.4 Å². The number of likely N-dealkylation sites (N-methyl/N-ethyl adjacent to an activating group) is 1. The molecule has 2 fully saturated rings. The van der Waals surface area contributed by atoms with E-state index in [1.807, 2.05) is 42.2 Å². The summed E-state index contributed by atoms with van der Waals surface area (Å²) in [6.45, 7) is 5.12. The first-order valence-electron chi connectivity index (χ1n) is 11.0. The van der Waals surface area contributed by atoms with E-state index >= 15 is 0 Å². The number of piperazine rings is 1. The number of carbonyl (C=O) groups is 1. The number of piperidine rings is 1. The maximum atomic E-state index is 13.7. The van der Waals surface area contributed by atoms with Gasteiger partial charge in [0.25, 0.3) is 5.91 Å². The first-order valence-corrected chi connectivity index (χ1v) is 12.5. The quantitative estimate of drug-likeness (QED) is 0.731. The fourth-order valence-electron chi connectivity index (χ4n) is 4.52. The molecule has 2 aliphatic heterocycles. The topological polar surface area (TPSA) is 60.9 Å². The maximum Gasteiger partial charge on any atom is 0.254 e. The summed E-state index contributed by atoms with van der Waals surface area (Å²) in [6.07, 6.45) is 2.84. The van der Waals surface area contributed by atoms with Gasteiger partial charge in [0.2, 0.25) is 10.0 Å². The lowest BCUT2D eigenvalue weighted by molar-refractivity contribution is 0.0497. The van der Waals surface area contributed by atoms with E-state index in [-0.39, 0.29) is 16.8 Å². The summed E-state index contributed by atoms with van der Waals surface area (Å²) in [7, 11) is -1.52. The molecule has 1 amide bonds. The van der Waals surface area contributed by atoms with Crippen LogP contribution in [0.25, 0.3) is 0 Å². The molecular weight excluding hydrogens is 410 g/mol. The highest BCUT2D eigenvalue weighted by Crippen LogP contribution is 2.29. The third-order valence-electron chi connectivity index (χ3n) is 6.42. The van der Waals surface area contributed by atoms with E-state index in [4.69, 9.17) is 0 Å².